The zero-order chi connectivity index (χ0) is 20.4. The number of hydrogen-bond donors (Lipinski definition) is 1. The van der Waals surface area contributed by atoms with Gasteiger partial charge in [-0.3, -0.25) is 9.59 Å². The van der Waals surface area contributed by atoms with Crippen LogP contribution in [-0.2, 0) is 6.42 Å². The molecule has 5 rings (SSSR count). The van der Waals surface area contributed by atoms with E-state index >= 15 is 4.39 Å². The molecule has 1 atom stereocenters. The van der Waals surface area contributed by atoms with Gasteiger partial charge < -0.3 is 9.67 Å². The van der Waals surface area contributed by atoms with Crippen molar-refractivity contribution in [2.75, 3.05) is 0 Å². The summed E-state index contributed by atoms with van der Waals surface area (Å²) < 4.78 is 17.3. The Balaban J connectivity index is 1.80. The van der Waals surface area contributed by atoms with Crippen LogP contribution in [0.3, 0.4) is 0 Å². The van der Waals surface area contributed by atoms with Gasteiger partial charge in [0.2, 0.25) is 5.43 Å². The number of aliphatic hydroxyl groups excluding tert-OH is 1. The van der Waals surface area contributed by atoms with Crippen LogP contribution in [0.1, 0.15) is 71.1 Å². The summed E-state index contributed by atoms with van der Waals surface area (Å²) in [5, 5.41) is 10.5. The molecule has 0 amide bonds. The van der Waals surface area contributed by atoms with E-state index in [-0.39, 0.29) is 34.0 Å². The number of ketones is 1. The van der Waals surface area contributed by atoms with Crippen molar-refractivity contribution < 1.29 is 14.3 Å². The fraction of sp³-hybridized carbons (Fsp3) is 0.409. The Labute approximate surface area is 170 Å². The Hall–Kier alpha value is -2.38. The molecule has 0 aromatic carbocycles. The van der Waals surface area contributed by atoms with E-state index in [4.69, 9.17) is 0 Å². The molecule has 29 heavy (non-hydrogen) atoms. The number of rotatable bonds is 3. The van der Waals surface area contributed by atoms with Gasteiger partial charge in [-0.2, -0.15) is 0 Å². The SMILES string of the molecule is CC(=O)c1cn(C2CC2)c2nc(-c3cc4c(s3)C(O)CCC4)c(F)c(C)c2c1=O. The number of carbonyl (C=O) groups is 1. The van der Waals surface area contributed by atoms with Crippen molar-refractivity contribution >= 4 is 28.2 Å². The third-order valence-corrected chi connectivity index (χ3v) is 7.24. The molecule has 0 bridgehead atoms. The normalized spacial score (nSPS) is 18.8. The molecule has 2 aliphatic rings. The minimum atomic E-state index is -0.536. The molecular formula is C22H21FN2O3S. The molecule has 2 aliphatic carbocycles. The van der Waals surface area contributed by atoms with Crippen molar-refractivity contribution in [2.24, 2.45) is 0 Å². The summed E-state index contributed by atoms with van der Waals surface area (Å²) >= 11 is 1.38. The van der Waals surface area contributed by atoms with Gasteiger partial charge in [-0.05, 0) is 57.6 Å². The van der Waals surface area contributed by atoms with Gasteiger partial charge in [-0.1, -0.05) is 0 Å². The molecule has 0 radical (unpaired) electrons. The van der Waals surface area contributed by atoms with Crippen LogP contribution in [0.4, 0.5) is 4.39 Å². The van der Waals surface area contributed by atoms with E-state index in [0.717, 1.165) is 36.1 Å². The van der Waals surface area contributed by atoms with Crippen molar-refractivity contribution in [1.82, 2.24) is 9.55 Å². The molecule has 3 aromatic heterocycles. The summed E-state index contributed by atoms with van der Waals surface area (Å²) in [5.74, 6) is -0.860. The highest BCUT2D eigenvalue weighted by Crippen LogP contribution is 2.42. The van der Waals surface area contributed by atoms with E-state index < -0.39 is 17.3 Å². The summed E-state index contributed by atoms with van der Waals surface area (Å²) in [5.41, 5.74) is 1.54. The van der Waals surface area contributed by atoms with Gasteiger partial charge >= 0.3 is 0 Å². The summed E-state index contributed by atoms with van der Waals surface area (Å²) in [4.78, 5) is 31.1. The van der Waals surface area contributed by atoms with Crippen LogP contribution in [0.25, 0.3) is 21.6 Å². The van der Waals surface area contributed by atoms with Crippen LogP contribution in [0, 0.1) is 12.7 Å². The van der Waals surface area contributed by atoms with Crippen LogP contribution >= 0.6 is 11.3 Å². The smallest absolute Gasteiger partial charge is 0.202 e. The molecular weight excluding hydrogens is 391 g/mol. The number of hydrogen-bond acceptors (Lipinski definition) is 5. The second-order valence-corrected chi connectivity index (χ2v) is 9.16. The quantitative estimate of drug-likeness (QED) is 0.644. The van der Waals surface area contributed by atoms with Crippen LogP contribution in [0.2, 0.25) is 0 Å². The summed E-state index contributed by atoms with van der Waals surface area (Å²) in [7, 11) is 0. The zero-order valence-corrected chi connectivity index (χ0v) is 17.1. The first-order valence-corrected chi connectivity index (χ1v) is 10.8. The maximum Gasteiger partial charge on any atom is 0.202 e. The van der Waals surface area contributed by atoms with Gasteiger partial charge in [0.1, 0.15) is 11.3 Å². The Bertz CT molecular complexity index is 1240. The number of thiophene rings is 1. The average molecular weight is 412 g/mol. The van der Waals surface area contributed by atoms with Crippen molar-refractivity contribution in [3.8, 4) is 10.6 Å². The topological polar surface area (TPSA) is 72.2 Å². The number of fused-ring (bicyclic) bond motifs is 2. The lowest BCUT2D eigenvalue weighted by molar-refractivity contribution is 0.101. The van der Waals surface area contributed by atoms with Crippen LogP contribution < -0.4 is 5.43 Å². The standard InChI is InChI=1S/C22H21FN2O3S/c1-10-17-20(28)14(11(2)26)9-25(13-6-7-13)22(17)24-19(18(10)23)16-8-12-4-3-5-15(27)21(12)29-16/h8-9,13,15,27H,3-7H2,1-2H3. The number of pyridine rings is 2. The molecule has 5 nitrogen and oxygen atoms in total. The van der Waals surface area contributed by atoms with Crippen molar-refractivity contribution in [3.05, 3.63) is 49.9 Å². The highest BCUT2D eigenvalue weighted by atomic mass is 32.1. The van der Waals surface area contributed by atoms with Crippen molar-refractivity contribution in [2.45, 2.75) is 58.1 Å². The number of aliphatic hydroxyl groups is 1. The molecule has 0 spiro atoms. The summed E-state index contributed by atoms with van der Waals surface area (Å²) in [6, 6.07) is 2.10. The van der Waals surface area contributed by atoms with Gasteiger partial charge in [0.15, 0.2) is 11.6 Å². The lowest BCUT2D eigenvalue weighted by Gasteiger charge is -2.16. The predicted molar refractivity (Wildman–Crippen MR) is 110 cm³/mol. The molecule has 7 heteroatoms. The molecule has 0 saturated heterocycles. The number of aryl methyl sites for hydroxylation is 2. The first kappa shape index (κ1) is 18.6. The molecule has 150 valence electrons. The maximum atomic E-state index is 15.4. The highest BCUT2D eigenvalue weighted by molar-refractivity contribution is 7.15. The summed E-state index contributed by atoms with van der Waals surface area (Å²) in [6.45, 7) is 2.93. The van der Waals surface area contributed by atoms with E-state index in [9.17, 15) is 14.7 Å². The van der Waals surface area contributed by atoms with Crippen LogP contribution in [0.15, 0.2) is 17.1 Å². The van der Waals surface area contributed by atoms with Crippen LogP contribution in [0.5, 0.6) is 0 Å². The monoisotopic (exact) mass is 412 g/mol. The minimum Gasteiger partial charge on any atom is -0.388 e. The third-order valence-electron chi connectivity index (χ3n) is 5.96. The lowest BCUT2D eigenvalue weighted by Crippen LogP contribution is -2.20. The fourth-order valence-corrected chi connectivity index (χ4v) is 5.43. The largest absolute Gasteiger partial charge is 0.388 e. The molecule has 1 fully saturated rings. The van der Waals surface area contributed by atoms with Crippen LogP contribution in [-0.4, -0.2) is 20.4 Å². The second-order valence-electron chi connectivity index (χ2n) is 8.07. The molecule has 1 unspecified atom stereocenters. The lowest BCUT2D eigenvalue weighted by atomic mass is 9.96. The van der Waals surface area contributed by atoms with Gasteiger partial charge in [0, 0.05) is 22.7 Å². The van der Waals surface area contributed by atoms with E-state index in [2.05, 4.69) is 4.98 Å². The number of aromatic nitrogens is 2. The first-order valence-electron chi connectivity index (χ1n) is 9.93. The number of Topliss-reactive ketones (excluding diaryl/α,β-unsaturated/α-hetero) is 1. The zero-order valence-electron chi connectivity index (χ0n) is 16.3. The van der Waals surface area contributed by atoms with Crippen molar-refractivity contribution in [3.63, 3.8) is 0 Å². The van der Waals surface area contributed by atoms with Gasteiger partial charge in [0.25, 0.3) is 0 Å². The van der Waals surface area contributed by atoms with Gasteiger partial charge in [-0.25, -0.2) is 9.37 Å². The number of carbonyl (C=O) groups excluding carboxylic acids is 1. The molecule has 1 N–H and O–H groups in total. The third kappa shape index (κ3) is 2.87. The molecule has 3 heterocycles. The summed E-state index contributed by atoms with van der Waals surface area (Å²) in [6.07, 6.45) is 5.46. The fourth-order valence-electron chi connectivity index (χ4n) is 4.22. The maximum absolute atomic E-state index is 15.4. The van der Waals surface area contributed by atoms with E-state index in [1.54, 1.807) is 13.1 Å². The Morgan fingerprint density at radius 3 is 2.76 bits per heavy atom. The minimum absolute atomic E-state index is 0.0798. The Kier molecular flexibility index (Phi) is 4.22. The van der Waals surface area contributed by atoms with Crippen molar-refractivity contribution in [1.29, 1.82) is 0 Å². The molecule has 3 aromatic rings. The average Bonchev–Trinajstić information content (AvgIpc) is 3.42. The second kappa shape index (κ2) is 6.57. The Morgan fingerprint density at radius 2 is 2.10 bits per heavy atom. The molecule has 1 saturated carbocycles. The highest BCUT2D eigenvalue weighted by Gasteiger charge is 2.30. The first-order chi connectivity index (χ1) is 13.9. The van der Waals surface area contributed by atoms with E-state index in [1.807, 2.05) is 10.6 Å². The molecule has 0 aliphatic heterocycles. The Morgan fingerprint density at radius 1 is 1.34 bits per heavy atom. The number of nitrogens with zero attached hydrogens (tertiary/aromatic N) is 2. The van der Waals surface area contributed by atoms with Gasteiger partial charge in [0.05, 0.1) is 21.9 Å². The van der Waals surface area contributed by atoms with Gasteiger partial charge in [-0.15, -0.1) is 11.3 Å². The van der Waals surface area contributed by atoms with E-state index in [0.29, 0.717) is 16.9 Å². The van der Waals surface area contributed by atoms with E-state index in [1.165, 1.54) is 18.3 Å². The predicted octanol–water partition coefficient (Wildman–Crippen LogP) is 4.48. The number of halogens is 1.